The molecule has 0 radical (unpaired) electrons. The molecule has 2 rings (SSSR count). The molecule has 1 amide bonds. The van der Waals surface area contributed by atoms with Crippen molar-refractivity contribution in [3.05, 3.63) is 54.1 Å². The van der Waals surface area contributed by atoms with Gasteiger partial charge >= 0.3 is 0 Å². The zero-order valence-electron chi connectivity index (χ0n) is 15.7. The molecule has 25 heavy (non-hydrogen) atoms. The predicted molar refractivity (Wildman–Crippen MR) is 104 cm³/mol. The minimum absolute atomic E-state index is 0.0311. The van der Waals surface area contributed by atoms with Gasteiger partial charge in [0.1, 0.15) is 5.75 Å². The van der Waals surface area contributed by atoms with Crippen molar-refractivity contribution in [3.8, 4) is 16.9 Å². The van der Waals surface area contributed by atoms with E-state index in [2.05, 4.69) is 55.6 Å². The lowest BCUT2D eigenvalue weighted by Gasteiger charge is -2.13. The molecule has 1 N–H and O–H groups in total. The Morgan fingerprint density at radius 1 is 1.00 bits per heavy atom. The summed E-state index contributed by atoms with van der Waals surface area (Å²) >= 11 is 0. The van der Waals surface area contributed by atoms with E-state index in [1.807, 2.05) is 19.1 Å². The number of nitrogens with one attached hydrogen (secondary N) is 1. The van der Waals surface area contributed by atoms with Gasteiger partial charge in [-0.15, -0.1) is 0 Å². The number of ether oxygens (including phenoxy) is 1. The first-order valence-corrected chi connectivity index (χ1v) is 9.11. The normalized spacial score (nSPS) is 13.1. The average molecular weight is 339 g/mol. The topological polar surface area (TPSA) is 38.3 Å². The third-order valence-corrected chi connectivity index (χ3v) is 4.37. The molecule has 0 saturated carbocycles. The average Bonchev–Trinajstić information content (AvgIpc) is 2.60. The second-order valence-corrected chi connectivity index (χ2v) is 6.70. The van der Waals surface area contributed by atoms with Crippen molar-refractivity contribution in [1.29, 1.82) is 0 Å². The fourth-order valence-corrected chi connectivity index (χ4v) is 2.71. The number of aryl methyl sites for hydroxylation is 1. The highest BCUT2D eigenvalue weighted by molar-refractivity contribution is 5.73. The lowest BCUT2D eigenvalue weighted by atomic mass is 10.0. The van der Waals surface area contributed by atoms with E-state index in [-0.39, 0.29) is 18.1 Å². The van der Waals surface area contributed by atoms with Gasteiger partial charge in [0, 0.05) is 13.0 Å². The number of carbonyl (C=O) groups excluding carboxylic acids is 1. The van der Waals surface area contributed by atoms with Crippen LogP contribution in [0.3, 0.4) is 0 Å². The molecule has 0 spiro atoms. The van der Waals surface area contributed by atoms with Crippen LogP contribution in [0.25, 0.3) is 11.1 Å². The predicted octanol–water partition coefficient (Wildman–Crippen LogP) is 4.99. The molecule has 0 aliphatic rings. The minimum Gasteiger partial charge on any atom is -0.491 e. The lowest BCUT2D eigenvalue weighted by Crippen LogP contribution is -2.30. The molecular formula is C22H29NO2. The number of hydrogen-bond acceptors (Lipinski definition) is 2. The lowest BCUT2D eigenvalue weighted by molar-refractivity contribution is -0.119. The maximum atomic E-state index is 11.0. The Labute approximate surface area is 151 Å². The number of rotatable bonds is 8. The molecule has 2 aromatic rings. The van der Waals surface area contributed by atoms with Crippen molar-refractivity contribution >= 4 is 5.91 Å². The molecule has 0 fully saturated rings. The molecule has 0 aliphatic carbocycles. The Bertz CT molecular complexity index is 661. The first-order valence-electron chi connectivity index (χ1n) is 9.11. The van der Waals surface area contributed by atoms with Crippen molar-refractivity contribution in [2.75, 3.05) is 0 Å². The van der Waals surface area contributed by atoms with Crippen LogP contribution in [0, 0.1) is 0 Å². The number of hydrogen-bond donors (Lipinski definition) is 1. The minimum atomic E-state index is 0.0311. The zero-order valence-corrected chi connectivity index (χ0v) is 15.7. The molecular weight excluding hydrogens is 310 g/mol. The first kappa shape index (κ1) is 19.0. The van der Waals surface area contributed by atoms with Gasteiger partial charge in [-0.2, -0.15) is 0 Å². The summed E-state index contributed by atoms with van der Waals surface area (Å²) in [6.45, 7) is 7.81. The maximum Gasteiger partial charge on any atom is 0.217 e. The fourth-order valence-electron chi connectivity index (χ4n) is 2.71. The number of benzene rings is 2. The number of amides is 1. The highest BCUT2D eigenvalue weighted by atomic mass is 16.5. The largest absolute Gasteiger partial charge is 0.491 e. The molecule has 3 nitrogen and oxygen atoms in total. The van der Waals surface area contributed by atoms with Crippen LogP contribution in [0.5, 0.6) is 5.75 Å². The van der Waals surface area contributed by atoms with Crippen molar-refractivity contribution in [1.82, 2.24) is 5.32 Å². The Morgan fingerprint density at radius 2 is 1.56 bits per heavy atom. The van der Waals surface area contributed by atoms with E-state index < -0.39 is 0 Å². The van der Waals surface area contributed by atoms with E-state index in [0.29, 0.717) is 0 Å². The molecule has 3 heteroatoms. The first-order chi connectivity index (χ1) is 12.0. The van der Waals surface area contributed by atoms with Gasteiger partial charge < -0.3 is 10.1 Å². The second kappa shape index (κ2) is 9.26. The Morgan fingerprint density at radius 3 is 2.08 bits per heavy atom. The Kier molecular flexibility index (Phi) is 7.05. The molecule has 0 saturated heterocycles. The number of carbonyl (C=O) groups is 1. The van der Waals surface area contributed by atoms with Crippen LogP contribution in [0.15, 0.2) is 48.5 Å². The van der Waals surface area contributed by atoms with Gasteiger partial charge in [-0.1, -0.05) is 43.3 Å². The molecule has 2 aromatic carbocycles. The van der Waals surface area contributed by atoms with E-state index in [9.17, 15) is 4.79 Å². The molecule has 0 heterocycles. The van der Waals surface area contributed by atoms with Crippen LogP contribution >= 0.6 is 0 Å². The van der Waals surface area contributed by atoms with E-state index in [4.69, 9.17) is 4.74 Å². The third-order valence-electron chi connectivity index (χ3n) is 4.37. The molecule has 0 aromatic heterocycles. The zero-order chi connectivity index (χ0) is 18.2. The monoisotopic (exact) mass is 339 g/mol. The van der Waals surface area contributed by atoms with Gasteiger partial charge in [-0.25, -0.2) is 0 Å². The van der Waals surface area contributed by atoms with Gasteiger partial charge in [0.25, 0.3) is 0 Å². The summed E-state index contributed by atoms with van der Waals surface area (Å²) in [5, 5.41) is 2.92. The molecule has 134 valence electrons. The van der Waals surface area contributed by atoms with E-state index >= 15 is 0 Å². The molecule has 0 bridgehead atoms. The van der Waals surface area contributed by atoms with Crippen molar-refractivity contribution < 1.29 is 9.53 Å². The summed E-state index contributed by atoms with van der Waals surface area (Å²) < 4.78 is 5.83. The van der Waals surface area contributed by atoms with Crippen LogP contribution in [-0.2, 0) is 11.2 Å². The van der Waals surface area contributed by atoms with E-state index in [1.165, 1.54) is 16.7 Å². The van der Waals surface area contributed by atoms with Crippen molar-refractivity contribution in [3.63, 3.8) is 0 Å². The summed E-state index contributed by atoms with van der Waals surface area (Å²) in [7, 11) is 0. The van der Waals surface area contributed by atoms with Gasteiger partial charge in [-0.3, -0.25) is 4.79 Å². The van der Waals surface area contributed by atoms with Crippen LogP contribution in [0.1, 0.15) is 46.1 Å². The van der Waals surface area contributed by atoms with Crippen molar-refractivity contribution in [2.24, 2.45) is 0 Å². The summed E-state index contributed by atoms with van der Waals surface area (Å²) in [5.41, 5.74) is 3.68. The highest BCUT2D eigenvalue weighted by Crippen LogP contribution is 2.24. The summed E-state index contributed by atoms with van der Waals surface area (Å²) in [5.74, 6) is 0.949. The smallest absolute Gasteiger partial charge is 0.217 e. The Balaban J connectivity index is 1.94. The summed E-state index contributed by atoms with van der Waals surface area (Å²) in [6.07, 6.45) is 3.15. The van der Waals surface area contributed by atoms with Crippen LogP contribution in [0.4, 0.5) is 0 Å². The van der Waals surface area contributed by atoms with E-state index in [1.54, 1.807) is 6.92 Å². The Hall–Kier alpha value is -2.29. The van der Waals surface area contributed by atoms with Gasteiger partial charge in [-0.05, 0) is 61.9 Å². The van der Waals surface area contributed by atoms with Gasteiger partial charge in [0.2, 0.25) is 5.91 Å². The SMILES string of the molecule is CCC(C)Oc1ccc(-c2ccc(CCC(C)NC(C)=O)cc2)cc1. The van der Waals surface area contributed by atoms with Crippen LogP contribution in [0.2, 0.25) is 0 Å². The summed E-state index contributed by atoms with van der Waals surface area (Å²) in [6, 6.07) is 17.1. The maximum absolute atomic E-state index is 11.0. The van der Waals surface area contributed by atoms with E-state index in [0.717, 1.165) is 25.0 Å². The third kappa shape index (κ3) is 6.26. The van der Waals surface area contributed by atoms with Gasteiger partial charge in [0.05, 0.1) is 6.10 Å². The molecule has 0 aliphatic heterocycles. The second-order valence-electron chi connectivity index (χ2n) is 6.70. The molecule has 2 atom stereocenters. The van der Waals surface area contributed by atoms with Crippen LogP contribution < -0.4 is 10.1 Å². The van der Waals surface area contributed by atoms with Gasteiger partial charge in [0.15, 0.2) is 0 Å². The quantitative estimate of drug-likeness (QED) is 0.736. The standard InChI is InChI=1S/C22H29NO2/c1-5-17(3)25-22-14-12-21(13-15-22)20-10-8-19(9-11-20)7-6-16(2)23-18(4)24/h8-17H,5-7H2,1-4H3,(H,23,24). The fraction of sp³-hybridized carbons (Fsp3) is 0.409. The van der Waals surface area contributed by atoms with Crippen LogP contribution in [-0.4, -0.2) is 18.1 Å². The highest BCUT2D eigenvalue weighted by Gasteiger charge is 2.05. The molecule has 2 unspecified atom stereocenters. The summed E-state index contributed by atoms with van der Waals surface area (Å²) in [4.78, 5) is 11.0. The van der Waals surface area contributed by atoms with Crippen molar-refractivity contribution in [2.45, 2.75) is 59.1 Å².